The molecule has 4 nitrogen and oxygen atoms in total. The highest BCUT2D eigenvalue weighted by atomic mass is 79.9. The standard InChI is InChI=1S/C27H21NO2P.BrH.H2O/c29-26-24-18-10-11-19-25(24)27(30)28(26)20-31(21-12-4-1-5-13-21,22-14-6-2-7-15-22)23-16-8-3-9-17-23;;/h1-19H,20H2;1H;1H2/q+1;;/p-1. The smallest absolute Gasteiger partial charge is 0.264 e. The van der Waals surface area contributed by atoms with Gasteiger partial charge in [-0.15, -0.1) is 0 Å². The number of fused-ring (bicyclic) bond motifs is 1. The first-order chi connectivity index (χ1) is 15.2. The lowest BCUT2D eigenvalue weighted by Crippen LogP contribution is -3.00. The van der Waals surface area contributed by atoms with Gasteiger partial charge in [0.05, 0.1) is 11.1 Å². The summed E-state index contributed by atoms with van der Waals surface area (Å²) in [6.07, 6.45) is 0.331. The highest BCUT2D eigenvalue weighted by Crippen LogP contribution is 2.56. The zero-order valence-corrected chi connectivity index (χ0v) is 20.2. The summed E-state index contributed by atoms with van der Waals surface area (Å²) in [4.78, 5) is 28.1. The van der Waals surface area contributed by atoms with E-state index in [1.165, 1.54) is 4.90 Å². The Morgan fingerprint density at radius 2 is 0.818 bits per heavy atom. The molecule has 0 bridgehead atoms. The van der Waals surface area contributed by atoms with Gasteiger partial charge >= 0.3 is 0 Å². The second-order valence-corrected chi connectivity index (χ2v) is 11.0. The van der Waals surface area contributed by atoms with Gasteiger partial charge in [0.25, 0.3) is 11.8 Å². The molecule has 6 heteroatoms. The first-order valence-electron chi connectivity index (χ1n) is 10.2. The Morgan fingerprint density at radius 3 is 1.15 bits per heavy atom. The van der Waals surface area contributed by atoms with E-state index in [-0.39, 0.29) is 34.3 Å². The van der Waals surface area contributed by atoms with Crippen molar-refractivity contribution in [2.45, 2.75) is 0 Å². The summed E-state index contributed by atoms with van der Waals surface area (Å²) in [7, 11) is -2.32. The maximum Gasteiger partial charge on any atom is 0.264 e. The molecule has 33 heavy (non-hydrogen) atoms. The van der Waals surface area contributed by atoms with Crippen LogP contribution in [0, 0.1) is 0 Å². The van der Waals surface area contributed by atoms with Gasteiger partial charge in [0.15, 0.2) is 6.29 Å². The van der Waals surface area contributed by atoms with Gasteiger partial charge in [0.1, 0.15) is 23.2 Å². The van der Waals surface area contributed by atoms with Gasteiger partial charge in [-0.25, -0.2) is 4.90 Å². The number of hydrogen-bond donors (Lipinski definition) is 0. The summed E-state index contributed by atoms with van der Waals surface area (Å²) in [6.45, 7) is 0. The van der Waals surface area contributed by atoms with E-state index < -0.39 is 7.26 Å². The third-order valence-corrected chi connectivity index (χ3v) is 10.1. The summed E-state index contributed by atoms with van der Waals surface area (Å²) >= 11 is 0. The summed E-state index contributed by atoms with van der Waals surface area (Å²) < 4.78 is 0. The molecule has 166 valence electrons. The SMILES string of the molecule is O.O=C1c2ccccc2C(=O)N1C[P+](c1ccccc1)(c1ccccc1)c1ccccc1.[Br-]. The summed E-state index contributed by atoms with van der Waals surface area (Å²) in [5, 5.41) is 3.43. The van der Waals surface area contributed by atoms with Crippen molar-refractivity contribution in [3.05, 3.63) is 126 Å². The van der Waals surface area contributed by atoms with Crippen molar-refractivity contribution in [2.75, 3.05) is 6.29 Å². The molecule has 0 saturated heterocycles. The van der Waals surface area contributed by atoms with Crippen LogP contribution in [0.1, 0.15) is 20.7 Å². The molecule has 0 aromatic heterocycles. The van der Waals surface area contributed by atoms with Crippen molar-refractivity contribution < 1.29 is 32.0 Å². The minimum absolute atomic E-state index is 0. The van der Waals surface area contributed by atoms with Crippen LogP contribution in [0.2, 0.25) is 0 Å². The normalized spacial score (nSPS) is 12.5. The molecule has 1 aliphatic rings. The van der Waals surface area contributed by atoms with Gasteiger partial charge in [0, 0.05) is 0 Å². The van der Waals surface area contributed by atoms with Crippen LogP contribution in [0.5, 0.6) is 0 Å². The second-order valence-electron chi connectivity index (χ2n) is 7.54. The van der Waals surface area contributed by atoms with Gasteiger partial charge < -0.3 is 22.5 Å². The van der Waals surface area contributed by atoms with E-state index in [0.717, 1.165) is 15.9 Å². The molecule has 0 atom stereocenters. The molecular formula is C27H23BrNO3P. The Hall–Kier alpha value is -3.11. The number of imide groups is 1. The molecule has 0 aliphatic carbocycles. The fourth-order valence-electron chi connectivity index (χ4n) is 4.32. The van der Waals surface area contributed by atoms with Crippen LogP contribution in [0.4, 0.5) is 0 Å². The van der Waals surface area contributed by atoms with Crippen molar-refractivity contribution >= 4 is 35.0 Å². The lowest BCUT2D eigenvalue weighted by Gasteiger charge is -2.30. The molecule has 0 radical (unpaired) electrons. The van der Waals surface area contributed by atoms with Crippen LogP contribution in [-0.2, 0) is 0 Å². The molecule has 2 N–H and O–H groups in total. The van der Waals surface area contributed by atoms with Gasteiger partial charge in [-0.1, -0.05) is 66.7 Å². The Balaban J connectivity index is 0.00000153. The topological polar surface area (TPSA) is 68.9 Å². The van der Waals surface area contributed by atoms with Crippen LogP contribution in [0.15, 0.2) is 115 Å². The number of halogens is 1. The van der Waals surface area contributed by atoms with Gasteiger partial charge in [0.2, 0.25) is 0 Å². The molecule has 0 unspecified atom stereocenters. The van der Waals surface area contributed by atoms with E-state index in [9.17, 15) is 9.59 Å². The van der Waals surface area contributed by atoms with Gasteiger partial charge in [-0.2, -0.15) is 0 Å². The molecule has 0 fully saturated rings. The molecule has 1 heterocycles. The van der Waals surface area contributed by atoms with Crippen LogP contribution in [-0.4, -0.2) is 28.5 Å². The summed E-state index contributed by atoms with van der Waals surface area (Å²) in [5.74, 6) is -0.430. The van der Waals surface area contributed by atoms with Gasteiger partial charge in [-0.05, 0) is 48.5 Å². The highest BCUT2D eigenvalue weighted by molar-refractivity contribution is 7.95. The van der Waals surface area contributed by atoms with E-state index in [4.69, 9.17) is 0 Å². The Kier molecular flexibility index (Phi) is 7.60. The van der Waals surface area contributed by atoms with Crippen molar-refractivity contribution in [3.8, 4) is 0 Å². The maximum absolute atomic E-state index is 13.3. The first kappa shape index (κ1) is 24.5. The second kappa shape index (κ2) is 10.2. The Morgan fingerprint density at radius 1 is 0.515 bits per heavy atom. The quantitative estimate of drug-likeness (QED) is 0.283. The number of carbonyl (C=O) groups excluding carboxylic acids is 2. The number of hydrogen-bond acceptors (Lipinski definition) is 2. The van der Waals surface area contributed by atoms with E-state index in [1.54, 1.807) is 12.1 Å². The molecule has 4 aromatic rings. The fourth-order valence-corrected chi connectivity index (χ4v) is 8.43. The minimum atomic E-state index is -2.32. The average molecular weight is 520 g/mol. The average Bonchev–Trinajstić information content (AvgIpc) is 3.09. The van der Waals surface area contributed by atoms with E-state index >= 15 is 0 Å². The van der Waals surface area contributed by atoms with Crippen molar-refractivity contribution in [2.24, 2.45) is 0 Å². The molecule has 0 spiro atoms. The molecule has 4 aromatic carbocycles. The lowest BCUT2D eigenvalue weighted by molar-refractivity contribution is -0.0000291. The van der Waals surface area contributed by atoms with E-state index in [2.05, 4.69) is 36.4 Å². The molecule has 0 saturated carbocycles. The van der Waals surface area contributed by atoms with Crippen LogP contribution < -0.4 is 32.9 Å². The number of benzene rings is 4. The third kappa shape index (κ3) is 4.16. The summed E-state index contributed by atoms with van der Waals surface area (Å²) in [6, 6.07) is 37.9. The zero-order chi connectivity index (χ0) is 21.3. The fraction of sp³-hybridized carbons (Fsp3) is 0.0370. The number of carbonyl (C=O) groups is 2. The highest BCUT2D eigenvalue weighted by Gasteiger charge is 2.51. The predicted octanol–water partition coefficient (Wildman–Crippen LogP) is 0.413. The zero-order valence-electron chi connectivity index (χ0n) is 17.8. The third-order valence-electron chi connectivity index (χ3n) is 5.82. The summed E-state index contributed by atoms with van der Waals surface area (Å²) in [5.41, 5.74) is 0.972. The maximum atomic E-state index is 13.3. The number of nitrogens with zero attached hydrogens (tertiary/aromatic N) is 1. The first-order valence-corrected chi connectivity index (χ1v) is 12.2. The molecule has 1 aliphatic heterocycles. The Labute approximate surface area is 204 Å². The number of amides is 2. The van der Waals surface area contributed by atoms with Crippen molar-refractivity contribution in [1.82, 2.24) is 4.90 Å². The van der Waals surface area contributed by atoms with Crippen LogP contribution in [0.3, 0.4) is 0 Å². The largest absolute Gasteiger partial charge is 1.00 e. The van der Waals surface area contributed by atoms with Crippen molar-refractivity contribution in [3.63, 3.8) is 0 Å². The molecular weight excluding hydrogens is 497 g/mol. The predicted molar refractivity (Wildman–Crippen MR) is 131 cm³/mol. The minimum Gasteiger partial charge on any atom is -1.00 e. The van der Waals surface area contributed by atoms with Gasteiger partial charge in [-0.3, -0.25) is 9.59 Å². The monoisotopic (exact) mass is 519 g/mol. The van der Waals surface area contributed by atoms with E-state index in [0.29, 0.717) is 17.4 Å². The lowest BCUT2D eigenvalue weighted by atomic mass is 10.1. The van der Waals surface area contributed by atoms with Crippen molar-refractivity contribution in [1.29, 1.82) is 0 Å². The Bertz CT molecular complexity index is 1120. The van der Waals surface area contributed by atoms with Crippen LogP contribution in [0.25, 0.3) is 0 Å². The van der Waals surface area contributed by atoms with Crippen LogP contribution >= 0.6 is 7.26 Å². The molecule has 2 amide bonds. The van der Waals surface area contributed by atoms with E-state index in [1.807, 2.05) is 66.7 Å². The molecule has 5 rings (SSSR count). The number of rotatable bonds is 5.